The number of nitrogens with one attached hydrogen (secondary N) is 1. The van der Waals surface area contributed by atoms with E-state index in [-0.39, 0.29) is 11.7 Å². The van der Waals surface area contributed by atoms with E-state index in [0.717, 1.165) is 22.9 Å². The number of fused-ring (bicyclic) bond motifs is 1. The summed E-state index contributed by atoms with van der Waals surface area (Å²) in [6.45, 7) is 0. The molecule has 0 atom stereocenters. The van der Waals surface area contributed by atoms with Crippen LogP contribution < -0.4 is 5.32 Å². The van der Waals surface area contributed by atoms with E-state index in [4.69, 9.17) is 0 Å². The van der Waals surface area contributed by atoms with E-state index in [9.17, 15) is 9.90 Å². The highest BCUT2D eigenvalue weighted by atomic mass is 32.1. The molecule has 1 aromatic heterocycles. The Bertz CT molecular complexity index is 557. The third kappa shape index (κ3) is 1.65. The van der Waals surface area contributed by atoms with Crippen molar-refractivity contribution in [1.82, 2.24) is 5.32 Å². The zero-order chi connectivity index (χ0) is 11.1. The first kappa shape index (κ1) is 9.66. The maximum atomic E-state index is 11.8. The van der Waals surface area contributed by atoms with E-state index in [1.807, 2.05) is 17.5 Å². The van der Waals surface area contributed by atoms with Gasteiger partial charge in [0, 0.05) is 21.7 Å². The average Bonchev–Trinajstić information content (AvgIpc) is 2.94. The predicted octanol–water partition coefficient (Wildman–Crippen LogP) is 2.50. The fraction of sp³-hybridized carbons (Fsp3) is 0.250. The van der Waals surface area contributed by atoms with Gasteiger partial charge < -0.3 is 10.4 Å². The molecule has 1 amide bonds. The summed E-state index contributed by atoms with van der Waals surface area (Å²) >= 11 is 1.53. The van der Waals surface area contributed by atoms with Crippen molar-refractivity contribution in [3.8, 4) is 5.75 Å². The maximum Gasteiger partial charge on any atom is 0.251 e. The third-order valence-corrected chi connectivity index (χ3v) is 3.59. The Hall–Kier alpha value is -1.55. The van der Waals surface area contributed by atoms with Crippen LogP contribution in [-0.4, -0.2) is 17.1 Å². The zero-order valence-corrected chi connectivity index (χ0v) is 9.38. The van der Waals surface area contributed by atoms with Crippen molar-refractivity contribution in [3.05, 3.63) is 29.1 Å². The van der Waals surface area contributed by atoms with Gasteiger partial charge in [-0.1, -0.05) is 0 Å². The fourth-order valence-corrected chi connectivity index (χ4v) is 2.53. The van der Waals surface area contributed by atoms with Crippen LogP contribution in [-0.2, 0) is 0 Å². The summed E-state index contributed by atoms with van der Waals surface area (Å²) in [4.78, 5) is 11.8. The van der Waals surface area contributed by atoms with Crippen molar-refractivity contribution in [2.45, 2.75) is 18.9 Å². The minimum atomic E-state index is -0.0897. The monoisotopic (exact) mass is 233 g/mol. The normalized spacial score (nSPS) is 15.2. The van der Waals surface area contributed by atoms with E-state index in [1.54, 1.807) is 0 Å². The third-order valence-electron chi connectivity index (χ3n) is 2.72. The van der Waals surface area contributed by atoms with Gasteiger partial charge in [-0.2, -0.15) is 0 Å². The van der Waals surface area contributed by atoms with Crippen LogP contribution in [0.3, 0.4) is 0 Å². The van der Waals surface area contributed by atoms with Gasteiger partial charge in [0.05, 0.1) is 0 Å². The summed E-state index contributed by atoms with van der Waals surface area (Å²) < 4.78 is 0.945. The lowest BCUT2D eigenvalue weighted by Crippen LogP contribution is -2.25. The van der Waals surface area contributed by atoms with E-state index in [0.29, 0.717) is 11.6 Å². The molecule has 1 heterocycles. The summed E-state index contributed by atoms with van der Waals surface area (Å²) in [5, 5.41) is 15.4. The number of phenolic OH excluding ortho intramolecular Hbond substituents is 1. The fourth-order valence-electron chi connectivity index (χ4n) is 1.68. The second-order valence-corrected chi connectivity index (χ2v) is 5.02. The Labute approximate surface area is 96.7 Å². The van der Waals surface area contributed by atoms with Crippen molar-refractivity contribution in [3.63, 3.8) is 0 Å². The van der Waals surface area contributed by atoms with Gasteiger partial charge in [-0.25, -0.2) is 0 Å². The van der Waals surface area contributed by atoms with Gasteiger partial charge in [-0.05, 0) is 36.4 Å². The van der Waals surface area contributed by atoms with Crippen molar-refractivity contribution in [2.75, 3.05) is 0 Å². The van der Waals surface area contributed by atoms with Gasteiger partial charge in [0.1, 0.15) is 5.75 Å². The highest BCUT2D eigenvalue weighted by Gasteiger charge is 2.24. The smallest absolute Gasteiger partial charge is 0.251 e. The van der Waals surface area contributed by atoms with Crippen LogP contribution in [0, 0.1) is 0 Å². The SMILES string of the molecule is O=C(NC1CC1)c1cc(O)c2ccsc2c1. The lowest BCUT2D eigenvalue weighted by molar-refractivity contribution is 0.0951. The highest BCUT2D eigenvalue weighted by molar-refractivity contribution is 7.17. The lowest BCUT2D eigenvalue weighted by Gasteiger charge is -2.04. The van der Waals surface area contributed by atoms with Gasteiger partial charge >= 0.3 is 0 Å². The van der Waals surface area contributed by atoms with Gasteiger partial charge in [0.2, 0.25) is 0 Å². The average molecular weight is 233 g/mol. The first-order valence-electron chi connectivity index (χ1n) is 5.25. The van der Waals surface area contributed by atoms with E-state index >= 15 is 0 Å². The molecule has 0 bridgehead atoms. The molecule has 4 heteroatoms. The van der Waals surface area contributed by atoms with Crippen molar-refractivity contribution in [2.24, 2.45) is 0 Å². The van der Waals surface area contributed by atoms with Crippen LogP contribution in [0.1, 0.15) is 23.2 Å². The molecule has 2 N–H and O–H groups in total. The number of rotatable bonds is 2. The summed E-state index contributed by atoms with van der Waals surface area (Å²) in [7, 11) is 0. The van der Waals surface area contributed by atoms with E-state index in [1.165, 1.54) is 17.4 Å². The van der Waals surface area contributed by atoms with Gasteiger partial charge in [-0.3, -0.25) is 4.79 Å². The van der Waals surface area contributed by atoms with Crippen LogP contribution in [0.2, 0.25) is 0 Å². The number of amides is 1. The summed E-state index contributed by atoms with van der Waals surface area (Å²) in [6, 6.07) is 5.57. The molecule has 1 aromatic carbocycles. The molecule has 0 aliphatic heterocycles. The molecular weight excluding hydrogens is 222 g/mol. The van der Waals surface area contributed by atoms with Crippen LogP contribution >= 0.6 is 11.3 Å². The zero-order valence-electron chi connectivity index (χ0n) is 8.56. The number of hydrogen-bond donors (Lipinski definition) is 2. The molecule has 82 valence electrons. The van der Waals surface area contributed by atoms with Gasteiger partial charge in [0.15, 0.2) is 0 Å². The maximum absolute atomic E-state index is 11.8. The molecule has 0 unspecified atom stereocenters. The molecule has 0 spiro atoms. The molecular formula is C12H11NO2S. The predicted molar refractivity (Wildman–Crippen MR) is 64.0 cm³/mol. The minimum absolute atomic E-state index is 0.0897. The lowest BCUT2D eigenvalue weighted by atomic mass is 10.1. The molecule has 0 saturated heterocycles. The number of benzene rings is 1. The van der Waals surface area contributed by atoms with E-state index in [2.05, 4.69) is 5.32 Å². The number of hydrogen-bond acceptors (Lipinski definition) is 3. The topological polar surface area (TPSA) is 49.3 Å². The van der Waals surface area contributed by atoms with Gasteiger partial charge in [0.25, 0.3) is 5.91 Å². The quantitative estimate of drug-likeness (QED) is 0.837. The number of thiophene rings is 1. The number of aromatic hydroxyl groups is 1. The number of phenols is 1. The van der Waals surface area contributed by atoms with Crippen LogP contribution in [0.25, 0.3) is 10.1 Å². The number of carbonyl (C=O) groups is 1. The Balaban J connectivity index is 1.99. The van der Waals surface area contributed by atoms with Crippen molar-refractivity contribution < 1.29 is 9.90 Å². The standard InChI is InChI=1S/C12H11NO2S/c14-10-5-7(12(15)13-8-1-2-8)6-11-9(10)3-4-16-11/h3-6,8,14H,1-2H2,(H,13,15). The highest BCUT2D eigenvalue weighted by Crippen LogP contribution is 2.30. The summed E-state index contributed by atoms with van der Waals surface area (Å²) in [6.07, 6.45) is 2.14. The summed E-state index contributed by atoms with van der Waals surface area (Å²) in [5.74, 6) is 0.0906. The Morgan fingerprint density at radius 2 is 2.25 bits per heavy atom. The second kappa shape index (κ2) is 3.49. The van der Waals surface area contributed by atoms with Crippen LogP contribution in [0.15, 0.2) is 23.6 Å². The number of carbonyl (C=O) groups excluding carboxylic acids is 1. The van der Waals surface area contributed by atoms with Crippen LogP contribution in [0.4, 0.5) is 0 Å². The molecule has 1 aliphatic carbocycles. The Morgan fingerprint density at radius 1 is 1.44 bits per heavy atom. The minimum Gasteiger partial charge on any atom is -0.507 e. The largest absolute Gasteiger partial charge is 0.507 e. The van der Waals surface area contributed by atoms with Crippen molar-refractivity contribution >= 4 is 27.3 Å². The molecule has 16 heavy (non-hydrogen) atoms. The first-order valence-corrected chi connectivity index (χ1v) is 6.13. The summed E-state index contributed by atoms with van der Waals surface area (Å²) in [5.41, 5.74) is 0.541. The second-order valence-electron chi connectivity index (χ2n) is 4.08. The van der Waals surface area contributed by atoms with Crippen molar-refractivity contribution in [1.29, 1.82) is 0 Å². The van der Waals surface area contributed by atoms with Crippen LogP contribution in [0.5, 0.6) is 5.75 Å². The molecule has 1 fully saturated rings. The Morgan fingerprint density at radius 3 is 3.00 bits per heavy atom. The molecule has 1 aliphatic rings. The Kier molecular flexibility index (Phi) is 2.11. The molecule has 1 saturated carbocycles. The molecule has 2 aromatic rings. The molecule has 3 rings (SSSR count). The first-order chi connectivity index (χ1) is 7.74. The van der Waals surface area contributed by atoms with Gasteiger partial charge in [-0.15, -0.1) is 11.3 Å². The molecule has 0 radical (unpaired) electrons. The molecule has 3 nitrogen and oxygen atoms in total. The van der Waals surface area contributed by atoms with E-state index < -0.39 is 0 Å².